The molecule has 0 unspecified atom stereocenters. The Labute approximate surface area is 127 Å². The molecule has 0 aromatic carbocycles. The minimum atomic E-state index is 0.629. The van der Waals surface area contributed by atoms with E-state index in [0.29, 0.717) is 11.6 Å². The van der Waals surface area contributed by atoms with Crippen molar-refractivity contribution in [3.8, 4) is 0 Å². The van der Waals surface area contributed by atoms with Crippen LogP contribution in [-0.4, -0.2) is 33.5 Å². The van der Waals surface area contributed by atoms with Crippen LogP contribution in [0.1, 0.15) is 18.2 Å². The topological polar surface area (TPSA) is 69.7 Å². The van der Waals surface area contributed by atoms with Gasteiger partial charge in [0.1, 0.15) is 5.52 Å². The highest BCUT2D eigenvalue weighted by molar-refractivity contribution is 7.09. The molecule has 0 amide bonds. The Morgan fingerprint density at radius 1 is 1.38 bits per heavy atom. The van der Waals surface area contributed by atoms with Gasteiger partial charge in [-0.1, -0.05) is 13.0 Å². The second kappa shape index (κ2) is 6.09. The molecule has 0 aliphatic heterocycles. The van der Waals surface area contributed by atoms with Crippen LogP contribution < -0.4 is 10.2 Å². The maximum absolute atomic E-state index is 4.63. The zero-order valence-electron chi connectivity index (χ0n) is 12.1. The van der Waals surface area contributed by atoms with E-state index in [2.05, 4.69) is 54.6 Å². The van der Waals surface area contributed by atoms with Crippen LogP contribution in [0.3, 0.4) is 0 Å². The van der Waals surface area contributed by atoms with Crippen molar-refractivity contribution in [2.45, 2.75) is 19.9 Å². The fourth-order valence-corrected chi connectivity index (χ4v) is 2.88. The first-order valence-electron chi connectivity index (χ1n) is 6.96. The number of thiophene rings is 1. The van der Waals surface area contributed by atoms with E-state index < -0.39 is 0 Å². The van der Waals surface area contributed by atoms with Gasteiger partial charge < -0.3 is 15.2 Å². The minimum Gasteiger partial charge on any atom is -0.354 e. The van der Waals surface area contributed by atoms with Crippen LogP contribution in [0, 0.1) is 0 Å². The lowest BCUT2D eigenvalue weighted by Crippen LogP contribution is -2.19. The van der Waals surface area contributed by atoms with Gasteiger partial charge in [-0.15, -0.1) is 11.3 Å². The average molecular weight is 302 g/mol. The number of hydrogen-bond acceptors (Lipinski definition) is 6. The summed E-state index contributed by atoms with van der Waals surface area (Å²) < 4.78 is 0. The van der Waals surface area contributed by atoms with Gasteiger partial charge in [0.2, 0.25) is 5.95 Å². The Hall–Kier alpha value is -2.15. The summed E-state index contributed by atoms with van der Waals surface area (Å²) in [6.07, 6.45) is 2.69. The van der Waals surface area contributed by atoms with E-state index in [-0.39, 0.29) is 0 Å². The molecule has 0 saturated heterocycles. The summed E-state index contributed by atoms with van der Waals surface area (Å²) in [6.45, 7) is 3.78. The highest BCUT2D eigenvalue weighted by Gasteiger charge is 2.14. The predicted octanol–water partition coefficient (Wildman–Crippen LogP) is 2.87. The molecule has 0 radical (unpaired) electrons. The molecular formula is C14H18N6S. The summed E-state index contributed by atoms with van der Waals surface area (Å²) in [5.74, 6) is 1.49. The summed E-state index contributed by atoms with van der Waals surface area (Å²) in [5.41, 5.74) is 1.56. The smallest absolute Gasteiger partial charge is 0.226 e. The molecule has 0 aliphatic rings. The van der Waals surface area contributed by atoms with Crippen molar-refractivity contribution in [2.24, 2.45) is 0 Å². The average Bonchev–Trinajstić information content (AvgIpc) is 3.14. The Morgan fingerprint density at radius 3 is 3.05 bits per heavy atom. The molecule has 0 spiro atoms. The number of nitrogens with zero attached hydrogens (tertiary/aromatic N) is 4. The number of aromatic nitrogens is 4. The number of anilines is 2. The van der Waals surface area contributed by atoms with Gasteiger partial charge in [-0.3, -0.25) is 0 Å². The molecule has 3 aromatic rings. The summed E-state index contributed by atoms with van der Waals surface area (Å²) in [4.78, 5) is 19.9. The normalized spacial score (nSPS) is 11.0. The molecule has 0 fully saturated rings. The van der Waals surface area contributed by atoms with Crippen LogP contribution in [0.4, 0.5) is 11.8 Å². The molecule has 2 N–H and O–H groups in total. The lowest BCUT2D eigenvalue weighted by molar-refractivity contribution is 0.903. The van der Waals surface area contributed by atoms with Gasteiger partial charge in [-0.25, -0.2) is 4.98 Å². The molecule has 3 heterocycles. The number of hydrogen-bond donors (Lipinski definition) is 2. The van der Waals surface area contributed by atoms with Gasteiger partial charge >= 0.3 is 0 Å². The summed E-state index contributed by atoms with van der Waals surface area (Å²) in [7, 11) is 2.03. The molecule has 6 nitrogen and oxygen atoms in total. The molecule has 3 aromatic heterocycles. The molecule has 110 valence electrons. The van der Waals surface area contributed by atoms with E-state index in [9.17, 15) is 0 Å². The molecule has 0 atom stereocenters. The first-order valence-corrected chi connectivity index (χ1v) is 7.84. The summed E-state index contributed by atoms with van der Waals surface area (Å²) >= 11 is 1.74. The van der Waals surface area contributed by atoms with Crippen molar-refractivity contribution >= 4 is 34.3 Å². The zero-order chi connectivity index (χ0) is 14.7. The van der Waals surface area contributed by atoms with E-state index in [1.807, 2.05) is 7.05 Å². The quantitative estimate of drug-likeness (QED) is 0.732. The van der Waals surface area contributed by atoms with E-state index >= 15 is 0 Å². The van der Waals surface area contributed by atoms with Gasteiger partial charge in [0.05, 0.1) is 12.9 Å². The zero-order valence-corrected chi connectivity index (χ0v) is 12.9. The van der Waals surface area contributed by atoms with Crippen molar-refractivity contribution in [1.29, 1.82) is 0 Å². The molecule has 0 bridgehead atoms. The molecular weight excluding hydrogens is 284 g/mol. The van der Waals surface area contributed by atoms with Crippen LogP contribution in [0.5, 0.6) is 0 Å². The number of H-pyrrole nitrogens is 1. The van der Waals surface area contributed by atoms with Crippen molar-refractivity contribution in [3.63, 3.8) is 0 Å². The third kappa shape index (κ3) is 2.97. The standard InChI is InChI=1S/C14H18N6S/c1-3-6-15-14-18-12-11(16-9-17-12)13(19-14)20(2)8-10-5-4-7-21-10/h4-5,7,9H,3,6,8H2,1-2H3,(H2,15,16,17,18,19). The van der Waals surface area contributed by atoms with Crippen molar-refractivity contribution in [3.05, 3.63) is 28.7 Å². The van der Waals surface area contributed by atoms with Crippen LogP contribution in [-0.2, 0) is 6.54 Å². The lowest BCUT2D eigenvalue weighted by Gasteiger charge is -2.18. The largest absolute Gasteiger partial charge is 0.354 e. The van der Waals surface area contributed by atoms with Crippen LogP contribution in [0.15, 0.2) is 23.8 Å². The maximum Gasteiger partial charge on any atom is 0.226 e. The SMILES string of the molecule is CCCNc1nc(N(C)Cc2cccs2)c2[nH]cnc2n1. The van der Waals surface area contributed by atoms with Gasteiger partial charge in [-0.05, 0) is 17.9 Å². The van der Waals surface area contributed by atoms with Crippen molar-refractivity contribution in [1.82, 2.24) is 19.9 Å². The van der Waals surface area contributed by atoms with Crippen molar-refractivity contribution in [2.75, 3.05) is 23.8 Å². The monoisotopic (exact) mass is 302 g/mol. The van der Waals surface area contributed by atoms with Crippen LogP contribution >= 0.6 is 11.3 Å². The van der Waals surface area contributed by atoms with Gasteiger partial charge in [-0.2, -0.15) is 9.97 Å². The fourth-order valence-electron chi connectivity index (χ4n) is 2.12. The highest BCUT2D eigenvalue weighted by Crippen LogP contribution is 2.24. The number of nitrogens with one attached hydrogen (secondary N) is 2. The third-order valence-electron chi connectivity index (χ3n) is 3.13. The first-order chi connectivity index (χ1) is 10.3. The van der Waals surface area contributed by atoms with E-state index in [1.54, 1.807) is 17.7 Å². The Bertz CT molecular complexity index is 705. The van der Waals surface area contributed by atoms with Gasteiger partial charge in [0, 0.05) is 18.5 Å². The van der Waals surface area contributed by atoms with Gasteiger partial charge in [0.25, 0.3) is 0 Å². The summed E-state index contributed by atoms with van der Waals surface area (Å²) in [6, 6.07) is 4.19. The van der Waals surface area contributed by atoms with E-state index in [0.717, 1.165) is 30.8 Å². The number of imidazole rings is 1. The van der Waals surface area contributed by atoms with Crippen molar-refractivity contribution < 1.29 is 0 Å². The molecule has 21 heavy (non-hydrogen) atoms. The van der Waals surface area contributed by atoms with Crippen LogP contribution in [0.25, 0.3) is 11.2 Å². The first kappa shape index (κ1) is 13.8. The summed E-state index contributed by atoms with van der Waals surface area (Å²) in [5, 5.41) is 5.32. The maximum atomic E-state index is 4.63. The van der Waals surface area contributed by atoms with Crippen LogP contribution in [0.2, 0.25) is 0 Å². The number of aromatic amines is 1. The lowest BCUT2D eigenvalue weighted by atomic mass is 10.4. The third-order valence-corrected chi connectivity index (χ3v) is 4.00. The second-order valence-electron chi connectivity index (χ2n) is 4.83. The second-order valence-corrected chi connectivity index (χ2v) is 5.87. The fraction of sp³-hybridized carbons (Fsp3) is 0.357. The minimum absolute atomic E-state index is 0.629. The highest BCUT2D eigenvalue weighted by atomic mass is 32.1. The molecule has 3 rings (SSSR count). The van der Waals surface area contributed by atoms with E-state index in [1.165, 1.54) is 4.88 Å². The number of rotatable bonds is 6. The molecule has 0 aliphatic carbocycles. The Balaban J connectivity index is 1.93. The Kier molecular flexibility index (Phi) is 4.01. The molecule has 0 saturated carbocycles. The molecule has 7 heteroatoms. The predicted molar refractivity (Wildman–Crippen MR) is 86.9 cm³/mol. The van der Waals surface area contributed by atoms with E-state index in [4.69, 9.17) is 0 Å². The number of fused-ring (bicyclic) bond motifs is 1. The Morgan fingerprint density at radius 2 is 2.29 bits per heavy atom. The van der Waals surface area contributed by atoms with Gasteiger partial charge in [0.15, 0.2) is 11.5 Å².